The number of aliphatic hydroxyl groups excluding tert-OH is 1. The smallest absolute Gasteiger partial charge is 0.185 e. The van der Waals surface area contributed by atoms with Crippen molar-refractivity contribution in [3.8, 4) is 0 Å². The summed E-state index contributed by atoms with van der Waals surface area (Å²) in [5, 5.41) is 10.4. The van der Waals surface area contributed by atoms with Gasteiger partial charge in [0.25, 0.3) is 0 Å². The van der Waals surface area contributed by atoms with Gasteiger partial charge in [-0.05, 0) is 6.42 Å². The van der Waals surface area contributed by atoms with Crippen LogP contribution in [-0.4, -0.2) is 34.7 Å². The zero-order valence-corrected chi connectivity index (χ0v) is 11.2. The molecule has 1 saturated heterocycles. The van der Waals surface area contributed by atoms with Crippen LogP contribution in [0.4, 0.5) is 5.13 Å². The topological polar surface area (TPSA) is 36.4 Å². The summed E-state index contributed by atoms with van der Waals surface area (Å²) >= 11 is 3.67. The molecule has 1 aliphatic heterocycles. The molecule has 16 heavy (non-hydrogen) atoms. The van der Waals surface area contributed by atoms with Gasteiger partial charge in [0.05, 0.1) is 17.2 Å². The van der Waals surface area contributed by atoms with Crippen LogP contribution in [0.5, 0.6) is 0 Å². The average molecular weight is 258 g/mol. The predicted molar refractivity (Wildman–Crippen MR) is 71.6 cm³/mol. The number of rotatable bonds is 4. The van der Waals surface area contributed by atoms with Gasteiger partial charge in [-0.2, -0.15) is 11.8 Å². The van der Waals surface area contributed by atoms with E-state index in [0.717, 1.165) is 41.6 Å². The molecule has 0 bridgehead atoms. The van der Waals surface area contributed by atoms with Crippen LogP contribution in [0.15, 0.2) is 0 Å². The minimum absolute atomic E-state index is 0.135. The van der Waals surface area contributed by atoms with E-state index in [1.165, 1.54) is 11.5 Å². The normalized spacial score (nSPS) is 16.8. The third kappa shape index (κ3) is 2.70. The predicted octanol–water partition coefficient (Wildman–Crippen LogP) is 2.14. The quantitative estimate of drug-likeness (QED) is 0.897. The van der Waals surface area contributed by atoms with Gasteiger partial charge < -0.3 is 10.0 Å². The lowest BCUT2D eigenvalue weighted by atomic mass is 10.2. The van der Waals surface area contributed by atoms with Gasteiger partial charge >= 0.3 is 0 Å². The fourth-order valence-electron chi connectivity index (χ4n) is 1.82. The number of aryl methyl sites for hydroxylation is 1. The number of nitrogens with zero attached hydrogens (tertiary/aromatic N) is 2. The zero-order valence-electron chi connectivity index (χ0n) is 9.61. The van der Waals surface area contributed by atoms with E-state index in [9.17, 15) is 5.11 Å². The highest BCUT2D eigenvalue weighted by Gasteiger charge is 2.17. The molecule has 0 spiro atoms. The van der Waals surface area contributed by atoms with E-state index in [1.54, 1.807) is 11.3 Å². The van der Waals surface area contributed by atoms with Crippen LogP contribution in [0.2, 0.25) is 0 Å². The molecule has 1 aromatic heterocycles. The van der Waals surface area contributed by atoms with Crippen molar-refractivity contribution in [1.29, 1.82) is 0 Å². The van der Waals surface area contributed by atoms with Crippen molar-refractivity contribution in [2.24, 2.45) is 0 Å². The number of aromatic nitrogens is 1. The number of hydrogen-bond donors (Lipinski definition) is 1. The first-order valence-electron chi connectivity index (χ1n) is 5.77. The van der Waals surface area contributed by atoms with Crippen molar-refractivity contribution in [3.05, 3.63) is 10.6 Å². The Balaban J connectivity index is 2.14. The Hall–Kier alpha value is -0.260. The molecule has 1 aliphatic rings. The molecule has 1 aromatic rings. The van der Waals surface area contributed by atoms with Gasteiger partial charge in [0.1, 0.15) is 0 Å². The number of hydrogen-bond acceptors (Lipinski definition) is 5. The fourth-order valence-corrected chi connectivity index (χ4v) is 3.74. The Morgan fingerprint density at radius 1 is 1.38 bits per heavy atom. The third-order valence-electron chi connectivity index (χ3n) is 2.68. The molecule has 5 heteroatoms. The molecule has 0 aromatic carbocycles. The molecule has 0 radical (unpaired) electrons. The van der Waals surface area contributed by atoms with Gasteiger partial charge in [-0.15, -0.1) is 0 Å². The van der Waals surface area contributed by atoms with E-state index in [-0.39, 0.29) is 6.61 Å². The van der Waals surface area contributed by atoms with Crippen LogP contribution < -0.4 is 4.90 Å². The maximum absolute atomic E-state index is 9.30. The number of aliphatic hydroxyl groups is 1. The summed E-state index contributed by atoms with van der Waals surface area (Å²) in [6.45, 7) is 4.47. The van der Waals surface area contributed by atoms with Crippen LogP contribution in [0.1, 0.15) is 23.9 Å². The second-order valence-electron chi connectivity index (χ2n) is 3.87. The van der Waals surface area contributed by atoms with Crippen LogP contribution in [0, 0.1) is 0 Å². The van der Waals surface area contributed by atoms with Gasteiger partial charge in [-0.1, -0.05) is 24.7 Å². The molecule has 90 valence electrons. The first-order valence-corrected chi connectivity index (χ1v) is 7.74. The van der Waals surface area contributed by atoms with Crippen molar-refractivity contribution in [3.63, 3.8) is 0 Å². The molecule has 0 amide bonds. The van der Waals surface area contributed by atoms with Crippen molar-refractivity contribution < 1.29 is 5.11 Å². The Kier molecular flexibility index (Phi) is 4.49. The lowest BCUT2D eigenvalue weighted by Crippen LogP contribution is -2.32. The third-order valence-corrected chi connectivity index (χ3v) is 4.76. The second-order valence-corrected chi connectivity index (χ2v) is 6.16. The molecule has 3 nitrogen and oxygen atoms in total. The van der Waals surface area contributed by atoms with Crippen molar-refractivity contribution >= 4 is 28.2 Å². The molecule has 1 fully saturated rings. The summed E-state index contributed by atoms with van der Waals surface area (Å²) in [5.41, 5.74) is 1.10. The minimum atomic E-state index is 0.135. The monoisotopic (exact) mass is 258 g/mol. The Morgan fingerprint density at radius 2 is 2.12 bits per heavy atom. The van der Waals surface area contributed by atoms with E-state index in [4.69, 9.17) is 0 Å². The lowest BCUT2D eigenvalue weighted by Gasteiger charge is -2.25. The Morgan fingerprint density at radius 3 is 2.75 bits per heavy atom. The summed E-state index contributed by atoms with van der Waals surface area (Å²) in [4.78, 5) is 8.07. The summed E-state index contributed by atoms with van der Waals surface area (Å²) < 4.78 is 0. The highest BCUT2D eigenvalue weighted by atomic mass is 32.2. The molecule has 0 aliphatic carbocycles. The molecular weight excluding hydrogens is 240 g/mol. The number of thioether (sulfide) groups is 1. The fraction of sp³-hybridized carbons (Fsp3) is 0.727. The van der Waals surface area contributed by atoms with E-state index < -0.39 is 0 Å². The van der Waals surface area contributed by atoms with Crippen LogP contribution >= 0.6 is 23.1 Å². The van der Waals surface area contributed by atoms with Crippen molar-refractivity contribution in [2.45, 2.75) is 26.4 Å². The SMILES string of the molecule is CCCc1nc(N2CCSCC2)sc1CO. The van der Waals surface area contributed by atoms with E-state index >= 15 is 0 Å². The van der Waals surface area contributed by atoms with E-state index in [0.29, 0.717) is 0 Å². The first kappa shape index (κ1) is 12.2. The molecule has 2 heterocycles. The second kappa shape index (κ2) is 5.89. The van der Waals surface area contributed by atoms with E-state index in [1.807, 2.05) is 11.8 Å². The zero-order chi connectivity index (χ0) is 11.4. The summed E-state index contributed by atoms with van der Waals surface area (Å²) in [6, 6.07) is 0. The van der Waals surface area contributed by atoms with Gasteiger partial charge in [0, 0.05) is 24.6 Å². The molecule has 0 atom stereocenters. The lowest BCUT2D eigenvalue weighted by molar-refractivity contribution is 0.284. The number of anilines is 1. The highest BCUT2D eigenvalue weighted by Crippen LogP contribution is 2.28. The van der Waals surface area contributed by atoms with Crippen molar-refractivity contribution in [2.75, 3.05) is 29.5 Å². The Bertz CT molecular complexity index is 335. The maximum Gasteiger partial charge on any atom is 0.185 e. The molecule has 1 N–H and O–H groups in total. The van der Waals surface area contributed by atoms with Crippen LogP contribution in [0.25, 0.3) is 0 Å². The minimum Gasteiger partial charge on any atom is -0.391 e. The van der Waals surface area contributed by atoms with E-state index in [2.05, 4.69) is 16.8 Å². The largest absolute Gasteiger partial charge is 0.391 e. The maximum atomic E-state index is 9.30. The van der Waals surface area contributed by atoms with Gasteiger partial charge in [0.15, 0.2) is 5.13 Å². The summed E-state index contributed by atoms with van der Waals surface area (Å²) in [7, 11) is 0. The highest BCUT2D eigenvalue weighted by molar-refractivity contribution is 7.99. The van der Waals surface area contributed by atoms with Gasteiger partial charge in [-0.3, -0.25) is 0 Å². The van der Waals surface area contributed by atoms with Crippen molar-refractivity contribution in [1.82, 2.24) is 4.98 Å². The first-order chi connectivity index (χ1) is 7.85. The van der Waals surface area contributed by atoms with Crippen LogP contribution in [-0.2, 0) is 13.0 Å². The number of thiazole rings is 1. The van der Waals surface area contributed by atoms with Gasteiger partial charge in [0.2, 0.25) is 0 Å². The molecule has 2 rings (SSSR count). The Labute approximate surface area is 105 Å². The standard InChI is InChI=1S/C11H18N2OS2/c1-2-3-9-10(8-14)16-11(12-9)13-4-6-15-7-5-13/h14H,2-8H2,1H3. The van der Waals surface area contributed by atoms with Crippen LogP contribution in [0.3, 0.4) is 0 Å². The van der Waals surface area contributed by atoms with Gasteiger partial charge in [-0.25, -0.2) is 4.98 Å². The molecule has 0 unspecified atom stereocenters. The average Bonchev–Trinajstić information content (AvgIpc) is 2.74. The molecule has 0 saturated carbocycles. The summed E-state index contributed by atoms with van der Waals surface area (Å²) in [5.74, 6) is 2.38. The molecular formula is C11H18N2OS2. The summed E-state index contributed by atoms with van der Waals surface area (Å²) in [6.07, 6.45) is 2.07.